The number of carbonyl (C=O) groups excluding carboxylic acids is 3. The van der Waals surface area contributed by atoms with Crippen molar-refractivity contribution in [3.63, 3.8) is 0 Å². The molecule has 2 amide bonds. The molecule has 0 aromatic carbocycles. The Labute approximate surface area is 93.6 Å². The Morgan fingerprint density at radius 1 is 1.50 bits per heavy atom. The molecule has 0 fully saturated rings. The first-order chi connectivity index (χ1) is 7.36. The van der Waals surface area contributed by atoms with Gasteiger partial charge in [-0.2, -0.15) is 0 Å². The van der Waals surface area contributed by atoms with Gasteiger partial charge in [-0.05, 0) is 14.0 Å². The molecule has 7 nitrogen and oxygen atoms in total. The number of nitrogens with one attached hydrogen (secondary N) is 1. The number of carbonyl (C=O) groups is 3. The number of primary amides is 1. The van der Waals surface area contributed by atoms with Crippen molar-refractivity contribution >= 4 is 18.1 Å². The highest BCUT2D eigenvalue weighted by atomic mass is 16.3. The largest absolute Gasteiger partial charge is 0.391 e. The lowest BCUT2D eigenvalue weighted by atomic mass is 10.2. The second-order valence-electron chi connectivity index (χ2n) is 3.61. The van der Waals surface area contributed by atoms with E-state index in [4.69, 9.17) is 10.8 Å². The fraction of sp³-hybridized carbons (Fsp3) is 0.667. The lowest BCUT2D eigenvalue weighted by Crippen LogP contribution is -2.47. The highest BCUT2D eigenvalue weighted by Crippen LogP contribution is 1.89. The van der Waals surface area contributed by atoms with Crippen LogP contribution in [0.2, 0.25) is 0 Å². The van der Waals surface area contributed by atoms with E-state index in [1.165, 1.54) is 11.8 Å². The molecule has 4 N–H and O–H groups in total. The molecule has 0 spiro atoms. The minimum absolute atomic E-state index is 0.0478. The maximum Gasteiger partial charge on any atom is 0.234 e. The molecular weight excluding hydrogens is 214 g/mol. The van der Waals surface area contributed by atoms with Crippen LogP contribution in [-0.2, 0) is 14.4 Å². The average Bonchev–Trinajstić information content (AvgIpc) is 2.11. The van der Waals surface area contributed by atoms with Crippen LogP contribution in [0.1, 0.15) is 6.92 Å². The van der Waals surface area contributed by atoms with Gasteiger partial charge in [-0.3, -0.25) is 14.5 Å². The molecule has 92 valence electrons. The third-order valence-electron chi connectivity index (χ3n) is 1.83. The van der Waals surface area contributed by atoms with Crippen molar-refractivity contribution in [3.05, 3.63) is 0 Å². The van der Waals surface area contributed by atoms with Crippen molar-refractivity contribution in [2.75, 3.05) is 20.1 Å². The average molecular weight is 231 g/mol. The fourth-order valence-corrected chi connectivity index (χ4v) is 1.07. The molecule has 0 heterocycles. The van der Waals surface area contributed by atoms with Gasteiger partial charge >= 0.3 is 0 Å². The number of likely N-dealkylation sites (N-methyl/N-ethyl adjacent to an activating group) is 1. The van der Waals surface area contributed by atoms with Gasteiger partial charge in [-0.1, -0.05) is 0 Å². The Morgan fingerprint density at radius 3 is 2.44 bits per heavy atom. The van der Waals surface area contributed by atoms with Gasteiger partial charge in [0.2, 0.25) is 11.8 Å². The molecule has 0 bridgehead atoms. The van der Waals surface area contributed by atoms with Crippen LogP contribution in [0.5, 0.6) is 0 Å². The van der Waals surface area contributed by atoms with Crippen molar-refractivity contribution in [1.29, 1.82) is 0 Å². The van der Waals surface area contributed by atoms with Crippen LogP contribution in [0, 0.1) is 0 Å². The summed E-state index contributed by atoms with van der Waals surface area (Å²) >= 11 is 0. The number of hydrogen-bond donors (Lipinski definition) is 3. The zero-order chi connectivity index (χ0) is 12.7. The number of amides is 2. The number of nitrogens with two attached hydrogens (primary N) is 1. The summed E-state index contributed by atoms with van der Waals surface area (Å²) in [6.45, 7) is 1.28. The third-order valence-corrected chi connectivity index (χ3v) is 1.83. The summed E-state index contributed by atoms with van der Waals surface area (Å²) in [6, 6.07) is -0.936. The van der Waals surface area contributed by atoms with Gasteiger partial charge < -0.3 is 21.0 Å². The summed E-state index contributed by atoms with van der Waals surface area (Å²) in [6.07, 6.45) is -0.501. The molecule has 16 heavy (non-hydrogen) atoms. The van der Waals surface area contributed by atoms with Gasteiger partial charge in [-0.15, -0.1) is 0 Å². The molecule has 0 saturated heterocycles. The number of aliphatic hydroxyl groups excluding tert-OH is 1. The predicted octanol–water partition coefficient (Wildman–Crippen LogP) is -2.53. The van der Waals surface area contributed by atoms with Gasteiger partial charge in [0, 0.05) is 0 Å². The Hall–Kier alpha value is -1.47. The van der Waals surface area contributed by atoms with Crippen LogP contribution in [0.25, 0.3) is 0 Å². The number of aldehydes is 1. The number of rotatable bonds is 7. The monoisotopic (exact) mass is 231 g/mol. The van der Waals surface area contributed by atoms with E-state index in [1.54, 1.807) is 7.05 Å². The van der Waals surface area contributed by atoms with E-state index in [1.807, 2.05) is 0 Å². The normalized spacial score (nSPS) is 14.2. The van der Waals surface area contributed by atoms with Crippen molar-refractivity contribution < 1.29 is 19.5 Å². The molecule has 0 saturated carbocycles. The van der Waals surface area contributed by atoms with Crippen molar-refractivity contribution in [3.8, 4) is 0 Å². The van der Waals surface area contributed by atoms with Crippen LogP contribution in [0.15, 0.2) is 0 Å². The molecule has 0 aromatic rings. The standard InChI is InChI=1S/C9H17N3O4/c1-6(14)7(5-13)11-9(16)4-12(2)3-8(10)15/h5-7,14H,3-4H2,1-2H3,(H2,10,15)(H,11,16). The first-order valence-corrected chi connectivity index (χ1v) is 4.76. The molecule has 0 rings (SSSR count). The molecule has 2 atom stereocenters. The summed E-state index contributed by atoms with van der Waals surface area (Å²) in [5, 5.41) is 11.4. The number of nitrogens with zero attached hydrogens (tertiary/aromatic N) is 1. The SMILES string of the molecule is CC(O)C(C=O)NC(=O)CN(C)CC(N)=O. The van der Waals surface area contributed by atoms with Gasteiger partial charge in [0.15, 0.2) is 0 Å². The van der Waals surface area contributed by atoms with E-state index < -0.39 is 24.0 Å². The quantitative estimate of drug-likeness (QED) is 0.418. The lowest BCUT2D eigenvalue weighted by molar-refractivity contribution is -0.127. The maximum absolute atomic E-state index is 11.3. The first-order valence-electron chi connectivity index (χ1n) is 4.76. The Morgan fingerprint density at radius 2 is 2.06 bits per heavy atom. The fourth-order valence-electron chi connectivity index (χ4n) is 1.07. The van der Waals surface area contributed by atoms with Crippen molar-refractivity contribution in [1.82, 2.24) is 10.2 Å². The zero-order valence-corrected chi connectivity index (χ0v) is 9.34. The van der Waals surface area contributed by atoms with Gasteiger partial charge in [0.25, 0.3) is 0 Å². The van der Waals surface area contributed by atoms with Crippen LogP contribution in [0.3, 0.4) is 0 Å². The topological polar surface area (TPSA) is 113 Å². The van der Waals surface area contributed by atoms with Gasteiger partial charge in [0.05, 0.1) is 19.2 Å². The molecule has 0 aromatic heterocycles. The lowest BCUT2D eigenvalue weighted by Gasteiger charge is -2.18. The summed E-state index contributed by atoms with van der Waals surface area (Å²) in [5.41, 5.74) is 4.94. The van der Waals surface area contributed by atoms with E-state index in [0.717, 1.165) is 0 Å². The van der Waals surface area contributed by atoms with Crippen molar-refractivity contribution in [2.24, 2.45) is 5.73 Å². The minimum atomic E-state index is -0.956. The molecular formula is C9H17N3O4. The summed E-state index contributed by atoms with van der Waals surface area (Å²) in [4.78, 5) is 33.8. The molecule has 0 aliphatic rings. The first kappa shape index (κ1) is 14.5. The van der Waals surface area contributed by atoms with Crippen LogP contribution in [-0.4, -0.2) is 60.4 Å². The molecule has 7 heteroatoms. The van der Waals surface area contributed by atoms with E-state index in [-0.39, 0.29) is 13.1 Å². The molecule has 0 aliphatic heterocycles. The third kappa shape index (κ3) is 6.10. The van der Waals surface area contributed by atoms with Gasteiger partial charge in [-0.25, -0.2) is 0 Å². The second-order valence-corrected chi connectivity index (χ2v) is 3.61. The summed E-state index contributed by atoms with van der Waals surface area (Å²) < 4.78 is 0. The van der Waals surface area contributed by atoms with Gasteiger partial charge in [0.1, 0.15) is 12.3 Å². The predicted molar refractivity (Wildman–Crippen MR) is 56.4 cm³/mol. The highest BCUT2D eigenvalue weighted by molar-refractivity contribution is 5.82. The Balaban J connectivity index is 4.06. The van der Waals surface area contributed by atoms with Crippen LogP contribution in [0.4, 0.5) is 0 Å². The highest BCUT2D eigenvalue weighted by Gasteiger charge is 2.17. The van der Waals surface area contributed by atoms with E-state index >= 15 is 0 Å². The van der Waals surface area contributed by atoms with E-state index in [0.29, 0.717) is 6.29 Å². The zero-order valence-electron chi connectivity index (χ0n) is 9.34. The maximum atomic E-state index is 11.3. The second kappa shape index (κ2) is 6.91. The van der Waals surface area contributed by atoms with Crippen LogP contribution >= 0.6 is 0 Å². The number of aliphatic hydroxyl groups is 1. The smallest absolute Gasteiger partial charge is 0.234 e. The van der Waals surface area contributed by atoms with Crippen molar-refractivity contribution in [2.45, 2.75) is 19.1 Å². The Kier molecular flexibility index (Phi) is 6.28. The summed E-state index contributed by atoms with van der Waals surface area (Å²) in [5.74, 6) is -1.00. The Bertz CT molecular complexity index is 267. The molecule has 0 aliphatic carbocycles. The van der Waals surface area contributed by atoms with E-state index in [2.05, 4.69) is 5.32 Å². The molecule has 2 unspecified atom stereocenters. The summed E-state index contributed by atoms with van der Waals surface area (Å²) in [7, 11) is 1.54. The van der Waals surface area contributed by atoms with E-state index in [9.17, 15) is 14.4 Å². The minimum Gasteiger partial charge on any atom is -0.391 e. The molecule has 0 radical (unpaired) electrons. The number of hydrogen-bond acceptors (Lipinski definition) is 5. The van der Waals surface area contributed by atoms with Crippen LogP contribution < -0.4 is 11.1 Å².